The van der Waals surface area contributed by atoms with Gasteiger partial charge in [-0.2, -0.15) is 13.2 Å². The fourth-order valence-corrected chi connectivity index (χ4v) is 2.92. The second kappa shape index (κ2) is 4.72. The third-order valence-electron chi connectivity index (χ3n) is 4.16. The van der Waals surface area contributed by atoms with Crippen LogP contribution in [0.1, 0.15) is 32.6 Å². The summed E-state index contributed by atoms with van der Waals surface area (Å²) in [6, 6.07) is -0.0904. The molecule has 0 aromatic heterocycles. The fourth-order valence-electron chi connectivity index (χ4n) is 2.92. The van der Waals surface area contributed by atoms with Gasteiger partial charge in [0.25, 0.3) is 0 Å². The average molecular weight is 264 g/mol. The van der Waals surface area contributed by atoms with Crippen molar-refractivity contribution in [1.82, 2.24) is 10.6 Å². The van der Waals surface area contributed by atoms with Gasteiger partial charge in [-0.15, -0.1) is 0 Å². The van der Waals surface area contributed by atoms with Crippen molar-refractivity contribution in [2.24, 2.45) is 11.3 Å². The number of carbonyl (C=O) groups is 1. The van der Waals surface area contributed by atoms with Gasteiger partial charge in [0.15, 0.2) is 5.41 Å². The van der Waals surface area contributed by atoms with Crippen molar-refractivity contribution in [3.05, 3.63) is 0 Å². The first-order chi connectivity index (χ1) is 8.35. The molecule has 0 aromatic carbocycles. The standard InChI is InChI=1S/C12H19F3N2O/c1-8-2-3-9(6-8)17-10(18)11(12(13,14)15)4-5-16-7-11/h8-9,16H,2-7H2,1H3,(H,17,18). The van der Waals surface area contributed by atoms with Crippen LogP contribution in [0, 0.1) is 11.3 Å². The summed E-state index contributed by atoms with van der Waals surface area (Å²) in [4.78, 5) is 12.0. The summed E-state index contributed by atoms with van der Waals surface area (Å²) in [6.45, 7) is 2.00. The van der Waals surface area contributed by atoms with Crippen molar-refractivity contribution in [2.45, 2.75) is 44.8 Å². The van der Waals surface area contributed by atoms with Crippen LogP contribution in [0.4, 0.5) is 13.2 Å². The van der Waals surface area contributed by atoms with E-state index in [0.29, 0.717) is 5.92 Å². The highest BCUT2D eigenvalue weighted by Gasteiger charge is 2.61. The molecule has 1 heterocycles. The van der Waals surface area contributed by atoms with Crippen LogP contribution in [0.5, 0.6) is 0 Å². The van der Waals surface area contributed by atoms with E-state index in [0.717, 1.165) is 19.3 Å². The molecule has 1 amide bonds. The lowest BCUT2D eigenvalue weighted by molar-refractivity contribution is -0.216. The fraction of sp³-hybridized carbons (Fsp3) is 0.917. The molecule has 2 fully saturated rings. The van der Waals surface area contributed by atoms with Crippen LogP contribution in [0.15, 0.2) is 0 Å². The Morgan fingerprint density at radius 2 is 2.11 bits per heavy atom. The summed E-state index contributed by atoms with van der Waals surface area (Å²) in [7, 11) is 0. The normalized spacial score (nSPS) is 36.9. The predicted octanol–water partition coefficient (Wildman–Crippen LogP) is 1.83. The highest BCUT2D eigenvalue weighted by molar-refractivity contribution is 5.84. The van der Waals surface area contributed by atoms with E-state index in [2.05, 4.69) is 17.6 Å². The summed E-state index contributed by atoms with van der Waals surface area (Å²) < 4.78 is 39.3. The molecule has 0 spiro atoms. The highest BCUT2D eigenvalue weighted by Crippen LogP contribution is 2.43. The summed E-state index contributed by atoms with van der Waals surface area (Å²) in [5.41, 5.74) is -2.22. The smallest absolute Gasteiger partial charge is 0.353 e. The Morgan fingerprint density at radius 3 is 2.56 bits per heavy atom. The maximum atomic E-state index is 13.1. The van der Waals surface area contributed by atoms with Crippen LogP contribution >= 0.6 is 0 Å². The largest absolute Gasteiger partial charge is 0.404 e. The van der Waals surface area contributed by atoms with Crippen molar-refractivity contribution in [3.8, 4) is 0 Å². The van der Waals surface area contributed by atoms with Gasteiger partial charge in [-0.05, 0) is 38.1 Å². The predicted molar refractivity (Wildman–Crippen MR) is 60.9 cm³/mol. The van der Waals surface area contributed by atoms with Crippen molar-refractivity contribution >= 4 is 5.91 Å². The molecule has 1 aliphatic carbocycles. The van der Waals surface area contributed by atoms with E-state index in [4.69, 9.17) is 0 Å². The Labute approximate surface area is 104 Å². The van der Waals surface area contributed by atoms with Gasteiger partial charge in [0.05, 0.1) is 0 Å². The number of carbonyl (C=O) groups excluding carboxylic acids is 1. The van der Waals surface area contributed by atoms with Crippen molar-refractivity contribution in [1.29, 1.82) is 0 Å². The zero-order chi connectivity index (χ0) is 13.4. The summed E-state index contributed by atoms with van der Waals surface area (Å²) in [5.74, 6) is -0.363. The Morgan fingerprint density at radius 1 is 1.39 bits per heavy atom. The summed E-state index contributed by atoms with van der Waals surface area (Å²) >= 11 is 0. The van der Waals surface area contributed by atoms with Crippen LogP contribution in [0.3, 0.4) is 0 Å². The molecule has 1 saturated heterocycles. The van der Waals surface area contributed by atoms with Crippen molar-refractivity contribution < 1.29 is 18.0 Å². The number of amides is 1. The number of hydrogen-bond acceptors (Lipinski definition) is 2. The lowest BCUT2D eigenvalue weighted by Gasteiger charge is -2.30. The number of rotatable bonds is 2. The molecule has 2 rings (SSSR count). The quantitative estimate of drug-likeness (QED) is 0.799. The van der Waals surface area contributed by atoms with Crippen LogP contribution in [-0.4, -0.2) is 31.2 Å². The van der Waals surface area contributed by atoms with E-state index in [1.165, 1.54) is 0 Å². The molecular formula is C12H19F3N2O. The minimum absolute atomic E-state index is 0.0904. The van der Waals surface area contributed by atoms with Gasteiger partial charge >= 0.3 is 6.18 Å². The van der Waals surface area contributed by atoms with Gasteiger partial charge in [-0.3, -0.25) is 4.79 Å². The van der Waals surface area contributed by atoms with Crippen LogP contribution in [0.2, 0.25) is 0 Å². The maximum Gasteiger partial charge on any atom is 0.404 e. The minimum Gasteiger partial charge on any atom is -0.353 e. The van der Waals surface area contributed by atoms with E-state index < -0.39 is 17.5 Å². The van der Waals surface area contributed by atoms with E-state index >= 15 is 0 Å². The third-order valence-corrected chi connectivity index (χ3v) is 4.16. The zero-order valence-corrected chi connectivity index (χ0v) is 10.4. The lowest BCUT2D eigenvalue weighted by atomic mass is 9.85. The molecule has 1 aliphatic heterocycles. The molecule has 18 heavy (non-hydrogen) atoms. The van der Waals surface area contributed by atoms with E-state index in [1.807, 2.05) is 0 Å². The average Bonchev–Trinajstić information content (AvgIpc) is 2.86. The number of alkyl halides is 3. The van der Waals surface area contributed by atoms with Crippen molar-refractivity contribution in [3.63, 3.8) is 0 Å². The third kappa shape index (κ3) is 2.35. The molecule has 0 aromatic rings. The maximum absolute atomic E-state index is 13.1. The van der Waals surface area contributed by atoms with Gasteiger partial charge in [0.2, 0.25) is 5.91 Å². The van der Waals surface area contributed by atoms with Crippen LogP contribution in [-0.2, 0) is 4.79 Å². The first kappa shape index (κ1) is 13.6. The van der Waals surface area contributed by atoms with Gasteiger partial charge in [-0.1, -0.05) is 6.92 Å². The molecule has 3 nitrogen and oxygen atoms in total. The van der Waals surface area contributed by atoms with Gasteiger partial charge in [0.1, 0.15) is 0 Å². The SMILES string of the molecule is CC1CCC(NC(=O)C2(C(F)(F)F)CCNC2)C1. The molecule has 3 atom stereocenters. The second-order valence-electron chi connectivity index (χ2n) is 5.60. The van der Waals surface area contributed by atoms with Crippen LogP contribution < -0.4 is 10.6 Å². The second-order valence-corrected chi connectivity index (χ2v) is 5.60. The Kier molecular flexibility index (Phi) is 3.58. The number of nitrogens with one attached hydrogen (secondary N) is 2. The summed E-state index contributed by atoms with van der Waals surface area (Å²) in [5, 5.41) is 5.25. The lowest BCUT2D eigenvalue weighted by Crippen LogP contribution is -2.54. The van der Waals surface area contributed by atoms with Crippen molar-refractivity contribution in [2.75, 3.05) is 13.1 Å². The molecule has 2 aliphatic rings. The molecule has 6 heteroatoms. The molecule has 1 saturated carbocycles. The van der Waals surface area contributed by atoms with E-state index in [-0.39, 0.29) is 25.6 Å². The molecule has 3 unspecified atom stereocenters. The van der Waals surface area contributed by atoms with Gasteiger partial charge in [0, 0.05) is 12.6 Å². The monoisotopic (exact) mass is 264 g/mol. The molecule has 0 bridgehead atoms. The molecule has 104 valence electrons. The molecular weight excluding hydrogens is 245 g/mol. The number of halogens is 3. The van der Waals surface area contributed by atoms with E-state index in [1.54, 1.807) is 0 Å². The first-order valence-electron chi connectivity index (χ1n) is 6.43. The van der Waals surface area contributed by atoms with E-state index in [9.17, 15) is 18.0 Å². The van der Waals surface area contributed by atoms with Crippen LogP contribution in [0.25, 0.3) is 0 Å². The zero-order valence-electron chi connectivity index (χ0n) is 10.4. The first-order valence-corrected chi connectivity index (χ1v) is 6.43. The van der Waals surface area contributed by atoms with Gasteiger partial charge < -0.3 is 10.6 Å². The van der Waals surface area contributed by atoms with Gasteiger partial charge in [-0.25, -0.2) is 0 Å². The highest BCUT2D eigenvalue weighted by atomic mass is 19.4. The Hall–Kier alpha value is -0.780. The molecule has 0 radical (unpaired) electrons. The Bertz CT molecular complexity index is 324. The summed E-state index contributed by atoms with van der Waals surface area (Å²) in [6.07, 6.45) is -2.10. The Balaban J connectivity index is 2.05. The number of hydrogen-bond donors (Lipinski definition) is 2. The molecule has 2 N–H and O–H groups in total. The minimum atomic E-state index is -4.48. The topological polar surface area (TPSA) is 41.1 Å².